The monoisotopic (exact) mass is 166 g/mol. The lowest BCUT2D eigenvalue weighted by Crippen LogP contribution is -2.14. The average molecular weight is 166 g/mol. The number of rotatable bonds is 2. The van der Waals surface area contributed by atoms with Crippen LogP contribution in [-0.2, 0) is 6.42 Å². The van der Waals surface area contributed by atoms with Crippen molar-refractivity contribution < 1.29 is 4.79 Å². The fourth-order valence-corrected chi connectivity index (χ4v) is 1.00. The number of Topliss-reactive ketones (excluding diaryl/α,β-unsaturated/α-hetero) is 1. The fourth-order valence-electron chi connectivity index (χ4n) is 1.00. The molecule has 1 N–H and O–H groups in total. The van der Waals surface area contributed by atoms with E-state index in [-0.39, 0.29) is 11.3 Å². The summed E-state index contributed by atoms with van der Waals surface area (Å²) in [4.78, 5) is 28.1. The van der Waals surface area contributed by atoms with Crippen molar-refractivity contribution in [2.24, 2.45) is 0 Å². The van der Waals surface area contributed by atoms with Gasteiger partial charge in [-0.25, -0.2) is 4.98 Å². The minimum absolute atomic E-state index is 0.122. The molecule has 0 aliphatic carbocycles. The number of carbonyl (C=O) groups excluding carboxylic acids is 1. The Morgan fingerprint density at radius 2 is 2.33 bits per heavy atom. The number of hydrogen-bond acceptors (Lipinski definition) is 3. The van der Waals surface area contributed by atoms with Gasteiger partial charge < -0.3 is 4.98 Å². The number of ketones is 1. The van der Waals surface area contributed by atoms with Crippen molar-refractivity contribution >= 4 is 5.78 Å². The van der Waals surface area contributed by atoms with Crippen LogP contribution in [0.4, 0.5) is 0 Å². The van der Waals surface area contributed by atoms with Gasteiger partial charge in [0.15, 0.2) is 5.78 Å². The first-order chi connectivity index (χ1) is 5.65. The van der Waals surface area contributed by atoms with Gasteiger partial charge in [-0.05, 0) is 6.42 Å². The summed E-state index contributed by atoms with van der Waals surface area (Å²) < 4.78 is 0. The Kier molecular flexibility index (Phi) is 2.38. The topological polar surface area (TPSA) is 62.8 Å². The van der Waals surface area contributed by atoms with Crippen molar-refractivity contribution in [1.82, 2.24) is 9.97 Å². The van der Waals surface area contributed by atoms with E-state index in [9.17, 15) is 9.59 Å². The molecule has 0 atom stereocenters. The SMILES string of the molecule is CCc1[nH]c(=O)cnc1C(C)=O. The summed E-state index contributed by atoms with van der Waals surface area (Å²) in [6, 6.07) is 0. The number of carbonyl (C=O) groups is 1. The van der Waals surface area contributed by atoms with Crippen LogP contribution in [0.1, 0.15) is 30.0 Å². The molecule has 4 heteroatoms. The Labute approximate surface area is 69.7 Å². The van der Waals surface area contributed by atoms with Crippen molar-refractivity contribution in [3.8, 4) is 0 Å². The average Bonchev–Trinajstić information content (AvgIpc) is 2.03. The molecule has 0 amide bonds. The molecule has 0 aliphatic rings. The molecule has 64 valence electrons. The van der Waals surface area contributed by atoms with E-state index in [1.807, 2.05) is 6.92 Å². The van der Waals surface area contributed by atoms with E-state index in [0.717, 1.165) is 6.20 Å². The second-order valence-corrected chi connectivity index (χ2v) is 2.48. The van der Waals surface area contributed by atoms with Crippen LogP contribution in [0.15, 0.2) is 11.0 Å². The molecule has 12 heavy (non-hydrogen) atoms. The molecule has 0 fully saturated rings. The number of nitrogens with one attached hydrogen (secondary N) is 1. The molecule has 0 aromatic carbocycles. The van der Waals surface area contributed by atoms with Gasteiger partial charge in [0.25, 0.3) is 5.56 Å². The van der Waals surface area contributed by atoms with E-state index in [2.05, 4.69) is 9.97 Å². The minimum Gasteiger partial charge on any atom is -0.323 e. The largest absolute Gasteiger partial charge is 0.323 e. The zero-order valence-electron chi connectivity index (χ0n) is 7.05. The highest BCUT2D eigenvalue weighted by Gasteiger charge is 2.07. The Balaban J connectivity index is 3.29. The Morgan fingerprint density at radius 3 is 2.83 bits per heavy atom. The van der Waals surface area contributed by atoms with Gasteiger partial charge in [0.1, 0.15) is 5.69 Å². The summed E-state index contributed by atoms with van der Waals surface area (Å²) in [6.07, 6.45) is 1.73. The summed E-state index contributed by atoms with van der Waals surface area (Å²) in [5.74, 6) is -0.122. The standard InChI is InChI=1S/C8H10N2O2/c1-3-6-8(5(2)11)9-4-7(12)10-6/h4H,3H2,1-2H3,(H,10,12). The van der Waals surface area contributed by atoms with Crippen LogP contribution in [-0.4, -0.2) is 15.8 Å². The summed E-state index contributed by atoms with van der Waals surface area (Å²) in [5, 5.41) is 0. The molecule has 1 aromatic rings. The Hall–Kier alpha value is -1.45. The summed E-state index contributed by atoms with van der Waals surface area (Å²) in [7, 11) is 0. The molecule has 0 spiro atoms. The van der Waals surface area contributed by atoms with Crippen LogP contribution in [0.3, 0.4) is 0 Å². The predicted octanol–water partition coefficient (Wildman–Crippen LogP) is 0.535. The van der Waals surface area contributed by atoms with Gasteiger partial charge in [0.05, 0.1) is 6.20 Å². The van der Waals surface area contributed by atoms with Crippen molar-refractivity contribution in [3.05, 3.63) is 27.9 Å². The second-order valence-electron chi connectivity index (χ2n) is 2.48. The number of aromatic nitrogens is 2. The first kappa shape index (κ1) is 8.64. The molecule has 4 nitrogen and oxygen atoms in total. The van der Waals surface area contributed by atoms with Crippen molar-refractivity contribution in [3.63, 3.8) is 0 Å². The lowest BCUT2D eigenvalue weighted by atomic mass is 10.2. The van der Waals surface area contributed by atoms with Crippen molar-refractivity contribution in [1.29, 1.82) is 0 Å². The summed E-state index contributed by atoms with van der Waals surface area (Å²) in [5.41, 5.74) is 0.698. The van der Waals surface area contributed by atoms with E-state index in [0.29, 0.717) is 17.8 Å². The van der Waals surface area contributed by atoms with Crippen LogP contribution in [0.2, 0.25) is 0 Å². The van der Waals surface area contributed by atoms with Gasteiger partial charge in [-0.15, -0.1) is 0 Å². The second kappa shape index (κ2) is 3.30. The molecule has 1 aromatic heterocycles. The number of aromatic amines is 1. The number of aryl methyl sites for hydroxylation is 1. The van der Waals surface area contributed by atoms with Crippen LogP contribution in [0, 0.1) is 0 Å². The first-order valence-electron chi connectivity index (χ1n) is 3.74. The zero-order chi connectivity index (χ0) is 9.14. The van der Waals surface area contributed by atoms with E-state index >= 15 is 0 Å². The lowest BCUT2D eigenvalue weighted by molar-refractivity contribution is 0.101. The van der Waals surface area contributed by atoms with E-state index in [1.54, 1.807) is 0 Å². The zero-order valence-corrected chi connectivity index (χ0v) is 7.05. The Morgan fingerprint density at radius 1 is 1.67 bits per heavy atom. The third-order valence-corrected chi connectivity index (χ3v) is 1.56. The highest BCUT2D eigenvalue weighted by atomic mass is 16.1. The molecule has 0 bridgehead atoms. The molecule has 0 saturated carbocycles. The quantitative estimate of drug-likeness (QED) is 0.652. The van der Waals surface area contributed by atoms with Crippen LogP contribution >= 0.6 is 0 Å². The number of H-pyrrole nitrogens is 1. The lowest BCUT2D eigenvalue weighted by Gasteiger charge is -2.00. The molecule has 1 heterocycles. The number of nitrogens with zero attached hydrogens (tertiary/aromatic N) is 1. The molecule has 0 aliphatic heterocycles. The highest BCUT2D eigenvalue weighted by molar-refractivity contribution is 5.93. The smallest absolute Gasteiger partial charge is 0.266 e. The van der Waals surface area contributed by atoms with Gasteiger partial charge in [-0.3, -0.25) is 9.59 Å². The minimum atomic E-state index is -0.267. The fraction of sp³-hybridized carbons (Fsp3) is 0.375. The van der Waals surface area contributed by atoms with Crippen LogP contribution < -0.4 is 5.56 Å². The first-order valence-corrected chi connectivity index (χ1v) is 3.74. The maximum atomic E-state index is 11.0. The molecule has 1 rings (SSSR count). The highest BCUT2D eigenvalue weighted by Crippen LogP contribution is 2.00. The van der Waals surface area contributed by atoms with E-state index in [1.165, 1.54) is 6.92 Å². The van der Waals surface area contributed by atoms with E-state index in [4.69, 9.17) is 0 Å². The van der Waals surface area contributed by atoms with E-state index < -0.39 is 0 Å². The Bertz CT molecular complexity index is 354. The molecular weight excluding hydrogens is 156 g/mol. The summed E-state index contributed by atoms with van der Waals surface area (Å²) in [6.45, 7) is 3.29. The van der Waals surface area contributed by atoms with Crippen LogP contribution in [0.25, 0.3) is 0 Å². The summed E-state index contributed by atoms with van der Waals surface area (Å²) >= 11 is 0. The molecule has 0 saturated heterocycles. The van der Waals surface area contributed by atoms with Gasteiger partial charge in [0, 0.05) is 12.6 Å². The maximum Gasteiger partial charge on any atom is 0.266 e. The molecule has 0 unspecified atom stereocenters. The van der Waals surface area contributed by atoms with Crippen molar-refractivity contribution in [2.75, 3.05) is 0 Å². The third-order valence-electron chi connectivity index (χ3n) is 1.56. The maximum absolute atomic E-state index is 11.0. The van der Waals surface area contributed by atoms with Crippen molar-refractivity contribution in [2.45, 2.75) is 20.3 Å². The van der Waals surface area contributed by atoms with Gasteiger partial charge in [-0.1, -0.05) is 6.92 Å². The number of hydrogen-bond donors (Lipinski definition) is 1. The van der Waals surface area contributed by atoms with Gasteiger partial charge in [0.2, 0.25) is 0 Å². The van der Waals surface area contributed by atoms with Crippen LogP contribution in [0.5, 0.6) is 0 Å². The normalized spacial score (nSPS) is 9.83. The van der Waals surface area contributed by atoms with Gasteiger partial charge in [-0.2, -0.15) is 0 Å². The molecule has 0 radical (unpaired) electrons. The predicted molar refractivity (Wildman–Crippen MR) is 44.2 cm³/mol. The van der Waals surface area contributed by atoms with Gasteiger partial charge >= 0.3 is 0 Å². The molecular formula is C8H10N2O2. The third kappa shape index (κ3) is 1.58.